The molecule has 1 fully saturated rings. The van der Waals surface area contributed by atoms with Gasteiger partial charge in [-0.3, -0.25) is 4.79 Å². The molecule has 120 valence electrons. The molecule has 4 heteroatoms. The largest absolute Gasteiger partial charge is 0.480 e. The fourth-order valence-electron chi connectivity index (χ4n) is 3.11. The molecule has 3 atom stereocenters. The van der Waals surface area contributed by atoms with E-state index in [1.165, 1.54) is 5.56 Å². The van der Waals surface area contributed by atoms with Gasteiger partial charge in [-0.05, 0) is 36.7 Å². The fraction of sp³-hybridized carbons (Fsp3) is 0.556. The second-order valence-corrected chi connectivity index (χ2v) is 6.42. The summed E-state index contributed by atoms with van der Waals surface area (Å²) in [6, 6.07) is 9.46. The van der Waals surface area contributed by atoms with Crippen LogP contribution >= 0.6 is 0 Å². The Labute approximate surface area is 132 Å². The van der Waals surface area contributed by atoms with E-state index in [9.17, 15) is 14.7 Å². The number of amides is 1. The maximum Gasteiger partial charge on any atom is 0.326 e. The molecule has 1 N–H and O–H groups in total. The molecule has 1 saturated heterocycles. The normalized spacial score (nSPS) is 23.1. The van der Waals surface area contributed by atoms with Crippen LogP contribution < -0.4 is 0 Å². The molecule has 0 aliphatic carbocycles. The Morgan fingerprint density at radius 3 is 2.64 bits per heavy atom. The third-order valence-electron chi connectivity index (χ3n) is 4.63. The monoisotopic (exact) mass is 303 g/mol. The van der Waals surface area contributed by atoms with Crippen LogP contribution in [0.4, 0.5) is 0 Å². The van der Waals surface area contributed by atoms with Crippen molar-refractivity contribution in [2.24, 2.45) is 5.92 Å². The number of carboxylic acid groups (broad SMARTS) is 1. The standard InChI is InChI=1S/C18H25NO3/c1-13-10-11-19(16(12-13)18(21)22)17(20)9-8-14(2)15-6-4-3-5-7-15/h3-7,13-14,16H,8-12H2,1-2H3,(H,21,22). The highest BCUT2D eigenvalue weighted by Crippen LogP contribution is 2.25. The van der Waals surface area contributed by atoms with E-state index in [4.69, 9.17) is 0 Å². The van der Waals surface area contributed by atoms with Crippen LogP contribution in [0.25, 0.3) is 0 Å². The molecule has 4 nitrogen and oxygen atoms in total. The Morgan fingerprint density at radius 1 is 1.32 bits per heavy atom. The van der Waals surface area contributed by atoms with Crippen molar-refractivity contribution < 1.29 is 14.7 Å². The van der Waals surface area contributed by atoms with Crippen molar-refractivity contribution in [1.82, 2.24) is 4.90 Å². The van der Waals surface area contributed by atoms with E-state index in [0.717, 1.165) is 12.8 Å². The first-order chi connectivity index (χ1) is 10.5. The van der Waals surface area contributed by atoms with Gasteiger partial charge in [0.25, 0.3) is 0 Å². The molecule has 1 heterocycles. The van der Waals surface area contributed by atoms with Crippen molar-refractivity contribution in [1.29, 1.82) is 0 Å². The highest BCUT2D eigenvalue weighted by Gasteiger charge is 2.34. The van der Waals surface area contributed by atoms with Gasteiger partial charge in [0.1, 0.15) is 6.04 Å². The van der Waals surface area contributed by atoms with E-state index in [1.54, 1.807) is 4.90 Å². The molecule has 1 amide bonds. The third-order valence-corrected chi connectivity index (χ3v) is 4.63. The minimum Gasteiger partial charge on any atom is -0.480 e. The zero-order valence-electron chi connectivity index (χ0n) is 13.4. The van der Waals surface area contributed by atoms with Gasteiger partial charge >= 0.3 is 5.97 Å². The number of hydrogen-bond acceptors (Lipinski definition) is 2. The van der Waals surface area contributed by atoms with Gasteiger partial charge in [-0.15, -0.1) is 0 Å². The first kappa shape index (κ1) is 16.5. The lowest BCUT2D eigenvalue weighted by Gasteiger charge is -2.36. The number of hydrogen-bond donors (Lipinski definition) is 1. The predicted octanol–water partition coefficient (Wildman–Crippen LogP) is 3.28. The van der Waals surface area contributed by atoms with Crippen LogP contribution in [0.1, 0.15) is 51.0 Å². The number of aliphatic carboxylic acids is 1. The molecular weight excluding hydrogens is 278 g/mol. The number of carbonyl (C=O) groups is 2. The fourth-order valence-corrected chi connectivity index (χ4v) is 3.11. The number of likely N-dealkylation sites (tertiary alicyclic amines) is 1. The van der Waals surface area contributed by atoms with Crippen molar-refractivity contribution in [2.45, 2.75) is 51.5 Å². The molecule has 2 rings (SSSR count). The van der Waals surface area contributed by atoms with Gasteiger partial charge in [-0.1, -0.05) is 44.2 Å². The number of carbonyl (C=O) groups excluding carboxylic acids is 1. The highest BCUT2D eigenvalue weighted by atomic mass is 16.4. The van der Waals surface area contributed by atoms with E-state index in [1.807, 2.05) is 18.2 Å². The van der Waals surface area contributed by atoms with Gasteiger partial charge in [0.15, 0.2) is 0 Å². The number of rotatable bonds is 5. The minimum atomic E-state index is -0.879. The Bertz CT molecular complexity index is 514. The first-order valence-corrected chi connectivity index (χ1v) is 8.06. The number of carboxylic acids is 1. The second-order valence-electron chi connectivity index (χ2n) is 6.42. The summed E-state index contributed by atoms with van der Waals surface area (Å²) in [6.45, 7) is 4.72. The molecule has 1 aliphatic rings. The van der Waals surface area contributed by atoms with Crippen LogP contribution in [0.15, 0.2) is 30.3 Å². The first-order valence-electron chi connectivity index (χ1n) is 8.06. The van der Waals surface area contributed by atoms with Crippen LogP contribution in [-0.2, 0) is 9.59 Å². The van der Waals surface area contributed by atoms with E-state index >= 15 is 0 Å². The number of benzene rings is 1. The van der Waals surface area contributed by atoms with E-state index < -0.39 is 12.0 Å². The Balaban J connectivity index is 1.92. The summed E-state index contributed by atoms with van der Waals surface area (Å²) in [7, 11) is 0. The summed E-state index contributed by atoms with van der Waals surface area (Å²) >= 11 is 0. The molecule has 22 heavy (non-hydrogen) atoms. The number of nitrogens with zero attached hydrogens (tertiary/aromatic N) is 1. The lowest BCUT2D eigenvalue weighted by Crippen LogP contribution is -2.49. The minimum absolute atomic E-state index is 0.0259. The molecule has 1 aliphatic heterocycles. The average molecular weight is 303 g/mol. The predicted molar refractivity (Wildman–Crippen MR) is 85.6 cm³/mol. The molecule has 0 spiro atoms. The molecule has 0 bridgehead atoms. The van der Waals surface area contributed by atoms with Crippen molar-refractivity contribution in [3.63, 3.8) is 0 Å². The van der Waals surface area contributed by atoms with Crippen molar-refractivity contribution in [3.05, 3.63) is 35.9 Å². The average Bonchev–Trinajstić information content (AvgIpc) is 2.53. The third kappa shape index (κ3) is 4.09. The molecule has 3 unspecified atom stereocenters. The maximum absolute atomic E-state index is 12.4. The molecular formula is C18H25NO3. The topological polar surface area (TPSA) is 57.6 Å². The molecule has 0 saturated carbocycles. The Kier molecular flexibility index (Phi) is 5.58. The molecule has 1 aromatic rings. The lowest BCUT2D eigenvalue weighted by molar-refractivity contribution is -0.153. The van der Waals surface area contributed by atoms with Crippen molar-refractivity contribution >= 4 is 11.9 Å². The van der Waals surface area contributed by atoms with Crippen LogP contribution in [0.2, 0.25) is 0 Å². The zero-order valence-corrected chi connectivity index (χ0v) is 13.4. The SMILES string of the molecule is CC1CCN(C(=O)CCC(C)c2ccccc2)C(C(=O)O)C1. The van der Waals surface area contributed by atoms with Gasteiger partial charge in [0, 0.05) is 13.0 Å². The molecule has 0 radical (unpaired) electrons. The van der Waals surface area contributed by atoms with Crippen molar-refractivity contribution in [3.8, 4) is 0 Å². The maximum atomic E-state index is 12.4. The molecule has 0 aromatic heterocycles. The quantitative estimate of drug-likeness (QED) is 0.908. The zero-order chi connectivity index (χ0) is 16.1. The van der Waals surface area contributed by atoms with Gasteiger partial charge in [-0.25, -0.2) is 4.79 Å². The van der Waals surface area contributed by atoms with Crippen LogP contribution in [-0.4, -0.2) is 34.5 Å². The summed E-state index contributed by atoms with van der Waals surface area (Å²) in [5.41, 5.74) is 1.22. The van der Waals surface area contributed by atoms with Gasteiger partial charge in [0.2, 0.25) is 5.91 Å². The summed E-state index contributed by atoms with van der Waals surface area (Å²) in [4.78, 5) is 25.4. The molecule has 1 aromatic carbocycles. The van der Waals surface area contributed by atoms with Gasteiger partial charge in [-0.2, -0.15) is 0 Å². The highest BCUT2D eigenvalue weighted by molar-refractivity contribution is 5.83. The summed E-state index contributed by atoms with van der Waals surface area (Å²) in [5.74, 6) is -0.233. The smallest absolute Gasteiger partial charge is 0.326 e. The van der Waals surface area contributed by atoms with E-state index in [-0.39, 0.29) is 5.91 Å². The summed E-state index contributed by atoms with van der Waals surface area (Å²) < 4.78 is 0. The lowest BCUT2D eigenvalue weighted by atomic mass is 9.91. The van der Waals surface area contributed by atoms with E-state index in [2.05, 4.69) is 26.0 Å². The van der Waals surface area contributed by atoms with Crippen LogP contribution in [0, 0.1) is 5.92 Å². The van der Waals surface area contributed by atoms with Crippen LogP contribution in [0.5, 0.6) is 0 Å². The van der Waals surface area contributed by atoms with Gasteiger partial charge < -0.3 is 10.0 Å². The van der Waals surface area contributed by atoms with E-state index in [0.29, 0.717) is 31.2 Å². The Morgan fingerprint density at radius 2 is 2.00 bits per heavy atom. The van der Waals surface area contributed by atoms with Crippen LogP contribution in [0.3, 0.4) is 0 Å². The second kappa shape index (κ2) is 7.43. The summed E-state index contributed by atoms with van der Waals surface area (Å²) in [6.07, 6.45) is 2.62. The Hall–Kier alpha value is -1.84. The number of piperidine rings is 1. The van der Waals surface area contributed by atoms with Crippen molar-refractivity contribution in [2.75, 3.05) is 6.54 Å². The van der Waals surface area contributed by atoms with Gasteiger partial charge in [0.05, 0.1) is 0 Å². The summed E-state index contributed by atoms with van der Waals surface area (Å²) in [5, 5.41) is 9.34.